The van der Waals surface area contributed by atoms with Crippen molar-refractivity contribution in [3.63, 3.8) is 0 Å². The van der Waals surface area contributed by atoms with Gasteiger partial charge in [-0.25, -0.2) is 4.99 Å². The number of halogens is 1. The number of thioether (sulfide) groups is 1. The molecule has 1 aromatic carbocycles. The van der Waals surface area contributed by atoms with E-state index in [1.807, 2.05) is 17.5 Å². The zero-order valence-corrected chi connectivity index (χ0v) is 19.5. The van der Waals surface area contributed by atoms with Crippen molar-refractivity contribution in [2.45, 2.75) is 5.75 Å². The summed E-state index contributed by atoms with van der Waals surface area (Å²) >= 11 is 9.17. The summed E-state index contributed by atoms with van der Waals surface area (Å²) in [5.41, 5.74) is 1.61. The van der Waals surface area contributed by atoms with Crippen LogP contribution in [-0.2, 0) is 10.5 Å². The number of ether oxygens (including phenoxy) is 1. The molecule has 0 spiro atoms. The number of anilines is 1. The normalized spacial score (nSPS) is 14.8. The number of aliphatic imine (C=N–C) groups is 1. The number of thiophene rings is 1. The topological polar surface area (TPSA) is 94.0 Å². The Kier molecular flexibility index (Phi) is 6.03. The molecule has 3 aromatic heterocycles. The fraction of sp³-hybridized carbons (Fsp3) is 0.0909. The van der Waals surface area contributed by atoms with Gasteiger partial charge in [0, 0.05) is 4.88 Å². The number of amidine groups is 1. The number of rotatable bonds is 6. The Balaban J connectivity index is 1.43. The molecular formula is C22H15ClN4O4S2. The average Bonchev–Trinajstić information content (AvgIpc) is 3.61. The van der Waals surface area contributed by atoms with Crippen molar-refractivity contribution in [1.82, 2.24) is 10.1 Å². The van der Waals surface area contributed by atoms with E-state index in [-0.39, 0.29) is 5.91 Å². The zero-order valence-electron chi connectivity index (χ0n) is 17.1. The van der Waals surface area contributed by atoms with Gasteiger partial charge in [-0.3, -0.25) is 9.69 Å². The van der Waals surface area contributed by atoms with E-state index in [2.05, 4.69) is 15.1 Å². The second-order valence-electron chi connectivity index (χ2n) is 6.72. The molecule has 0 unspecified atom stereocenters. The number of carbonyl (C=O) groups excluding carboxylic acids is 1. The molecule has 8 nitrogen and oxygen atoms in total. The quantitative estimate of drug-likeness (QED) is 0.313. The van der Waals surface area contributed by atoms with Crippen molar-refractivity contribution in [3.05, 3.63) is 75.7 Å². The van der Waals surface area contributed by atoms with Gasteiger partial charge in [0.1, 0.15) is 17.7 Å². The van der Waals surface area contributed by atoms with Crippen molar-refractivity contribution < 1.29 is 18.5 Å². The first-order valence-corrected chi connectivity index (χ1v) is 11.9. The maximum Gasteiger partial charge on any atom is 0.283 e. The molecule has 0 saturated carbocycles. The molecule has 0 N–H and O–H groups in total. The van der Waals surface area contributed by atoms with Gasteiger partial charge in [-0.2, -0.15) is 4.98 Å². The van der Waals surface area contributed by atoms with Gasteiger partial charge in [-0.1, -0.05) is 34.6 Å². The number of hydrogen-bond acceptors (Lipinski definition) is 9. The Morgan fingerprint density at radius 1 is 1.30 bits per heavy atom. The predicted molar refractivity (Wildman–Crippen MR) is 129 cm³/mol. The number of benzene rings is 1. The van der Waals surface area contributed by atoms with Gasteiger partial charge in [0.2, 0.25) is 0 Å². The minimum atomic E-state index is -0.251. The largest absolute Gasteiger partial charge is 0.495 e. The lowest BCUT2D eigenvalue weighted by molar-refractivity contribution is -0.113. The van der Waals surface area contributed by atoms with Crippen LogP contribution < -0.4 is 9.64 Å². The van der Waals surface area contributed by atoms with Gasteiger partial charge >= 0.3 is 0 Å². The van der Waals surface area contributed by atoms with Crippen LogP contribution in [0.5, 0.6) is 5.75 Å². The van der Waals surface area contributed by atoms with Gasteiger partial charge in [-0.05, 0) is 41.8 Å². The smallest absolute Gasteiger partial charge is 0.283 e. The highest BCUT2D eigenvalue weighted by Crippen LogP contribution is 2.35. The minimum absolute atomic E-state index is 0.251. The van der Waals surface area contributed by atoms with Gasteiger partial charge in [0.25, 0.3) is 11.8 Å². The summed E-state index contributed by atoms with van der Waals surface area (Å²) in [6.07, 6.45) is 4.83. The van der Waals surface area contributed by atoms with E-state index in [4.69, 9.17) is 25.3 Å². The third-order valence-corrected chi connectivity index (χ3v) is 6.66. The molecule has 0 saturated heterocycles. The summed E-state index contributed by atoms with van der Waals surface area (Å²) in [4.78, 5) is 24.7. The highest BCUT2D eigenvalue weighted by molar-refractivity contribution is 8.13. The Labute approximate surface area is 201 Å². The molecule has 166 valence electrons. The summed E-state index contributed by atoms with van der Waals surface area (Å²) in [5, 5.41) is 6.83. The lowest BCUT2D eigenvalue weighted by atomic mass is 10.2. The molecule has 0 atom stereocenters. The van der Waals surface area contributed by atoms with Crippen LogP contribution in [-0.4, -0.2) is 28.3 Å². The molecule has 4 aromatic rings. The van der Waals surface area contributed by atoms with E-state index in [0.717, 1.165) is 4.88 Å². The van der Waals surface area contributed by atoms with Crippen LogP contribution in [0.15, 0.2) is 73.9 Å². The predicted octanol–water partition coefficient (Wildman–Crippen LogP) is 5.73. The third kappa shape index (κ3) is 4.45. The molecule has 5 rings (SSSR count). The van der Waals surface area contributed by atoms with E-state index in [9.17, 15) is 4.79 Å². The van der Waals surface area contributed by atoms with E-state index in [0.29, 0.717) is 50.4 Å². The summed E-state index contributed by atoms with van der Waals surface area (Å²) < 4.78 is 15.6. The number of amides is 1. The number of carbonyl (C=O) groups is 1. The average molecular weight is 499 g/mol. The van der Waals surface area contributed by atoms with Crippen molar-refractivity contribution in [2.75, 3.05) is 12.0 Å². The van der Waals surface area contributed by atoms with Crippen LogP contribution in [0.1, 0.15) is 10.7 Å². The molecule has 0 aliphatic carbocycles. The first-order valence-electron chi connectivity index (χ1n) is 9.62. The molecule has 1 amide bonds. The molecular weight excluding hydrogens is 484 g/mol. The maximum absolute atomic E-state index is 13.3. The van der Waals surface area contributed by atoms with E-state index < -0.39 is 0 Å². The number of methoxy groups -OCH3 is 1. The van der Waals surface area contributed by atoms with Gasteiger partial charge in [0.05, 0.1) is 35.4 Å². The fourth-order valence-electron chi connectivity index (χ4n) is 3.07. The molecule has 11 heteroatoms. The van der Waals surface area contributed by atoms with Crippen LogP contribution in [0.25, 0.3) is 17.5 Å². The van der Waals surface area contributed by atoms with Crippen LogP contribution in [0.2, 0.25) is 5.02 Å². The van der Waals surface area contributed by atoms with Crippen molar-refractivity contribution in [2.24, 2.45) is 4.99 Å². The van der Waals surface area contributed by atoms with Crippen molar-refractivity contribution in [3.8, 4) is 17.2 Å². The molecule has 1 aliphatic heterocycles. The first kappa shape index (κ1) is 21.5. The van der Waals surface area contributed by atoms with E-state index in [1.165, 1.54) is 47.6 Å². The van der Waals surface area contributed by atoms with Crippen molar-refractivity contribution in [1.29, 1.82) is 0 Å². The first-order chi connectivity index (χ1) is 16.1. The van der Waals surface area contributed by atoms with E-state index in [1.54, 1.807) is 30.3 Å². The minimum Gasteiger partial charge on any atom is -0.495 e. The highest BCUT2D eigenvalue weighted by atomic mass is 35.5. The summed E-state index contributed by atoms with van der Waals surface area (Å²) in [6, 6.07) is 10.7. The van der Waals surface area contributed by atoms with Gasteiger partial charge in [0.15, 0.2) is 11.0 Å². The molecule has 33 heavy (non-hydrogen) atoms. The molecule has 0 fully saturated rings. The Morgan fingerprint density at radius 3 is 2.94 bits per heavy atom. The maximum atomic E-state index is 13.3. The number of aromatic nitrogens is 2. The number of furan rings is 1. The van der Waals surface area contributed by atoms with Gasteiger partial charge < -0.3 is 13.7 Å². The highest BCUT2D eigenvalue weighted by Gasteiger charge is 2.33. The molecule has 1 aliphatic rings. The van der Waals surface area contributed by atoms with E-state index >= 15 is 0 Å². The van der Waals surface area contributed by atoms with Crippen LogP contribution in [0.4, 0.5) is 5.69 Å². The number of hydrogen-bond donors (Lipinski definition) is 0. The van der Waals surface area contributed by atoms with Crippen molar-refractivity contribution >= 4 is 57.5 Å². The number of nitrogens with zero attached hydrogens (tertiary/aromatic N) is 4. The monoisotopic (exact) mass is 498 g/mol. The lowest BCUT2D eigenvalue weighted by Gasteiger charge is -2.18. The second-order valence-corrected chi connectivity index (χ2v) is 9.04. The lowest BCUT2D eigenvalue weighted by Crippen LogP contribution is -2.30. The Morgan fingerprint density at radius 2 is 2.21 bits per heavy atom. The zero-order chi connectivity index (χ0) is 22.8. The second kappa shape index (κ2) is 9.26. The molecule has 0 radical (unpaired) electrons. The SMILES string of the molecule is COc1ccc(N2C(=O)C(=Cc3cccs3)N=C2SCc2noc(-c3ccoc3)n2)cc1Cl. The third-order valence-electron chi connectivity index (χ3n) is 4.61. The summed E-state index contributed by atoms with van der Waals surface area (Å²) in [7, 11) is 1.54. The standard InChI is InChI=1S/C22H15ClN4O4S2/c1-29-18-5-4-14(9-16(18)23)27-21(28)17(10-15-3-2-8-32-15)24-22(27)33-12-19-25-20(31-26-19)13-6-7-30-11-13/h2-11H,12H2,1H3. The summed E-state index contributed by atoms with van der Waals surface area (Å²) in [6.45, 7) is 0. The molecule has 0 bridgehead atoms. The molecule has 4 heterocycles. The van der Waals surface area contributed by atoms with Crippen LogP contribution in [0, 0.1) is 0 Å². The fourth-order valence-corrected chi connectivity index (χ4v) is 4.83. The summed E-state index contributed by atoms with van der Waals surface area (Å²) in [5.74, 6) is 1.45. The van der Waals surface area contributed by atoms with Gasteiger partial charge in [-0.15, -0.1) is 11.3 Å². The Hall–Kier alpha value is -3.34. The Bertz CT molecular complexity index is 1350. The van der Waals surface area contributed by atoms with Crippen LogP contribution in [0.3, 0.4) is 0 Å². The van der Waals surface area contributed by atoms with Crippen LogP contribution >= 0.6 is 34.7 Å².